The molecule has 0 amide bonds. The summed E-state index contributed by atoms with van der Waals surface area (Å²) in [6.07, 6.45) is -0.909. The molecule has 5 heteroatoms. The molecule has 1 aliphatic heterocycles. The molecule has 0 bridgehead atoms. The standard InChI is InChI=1S/C6H11NO4/c8-3-4-5(6(9)10)11-2-1-7-4/h4-5,7-8H,1-3H2,(H,9,10). The number of nitrogens with one attached hydrogen (secondary N) is 1. The highest BCUT2D eigenvalue weighted by Gasteiger charge is 2.30. The largest absolute Gasteiger partial charge is 0.479 e. The molecular weight excluding hydrogens is 150 g/mol. The van der Waals surface area contributed by atoms with Crippen molar-refractivity contribution in [2.45, 2.75) is 12.1 Å². The molecule has 2 unspecified atom stereocenters. The van der Waals surface area contributed by atoms with Crippen LogP contribution in [0.4, 0.5) is 0 Å². The van der Waals surface area contributed by atoms with E-state index in [-0.39, 0.29) is 6.61 Å². The van der Waals surface area contributed by atoms with Crippen LogP contribution in [-0.4, -0.2) is 48.1 Å². The third kappa shape index (κ3) is 1.89. The molecule has 1 fully saturated rings. The first-order valence-corrected chi connectivity index (χ1v) is 3.44. The van der Waals surface area contributed by atoms with E-state index in [0.717, 1.165) is 0 Å². The Morgan fingerprint density at radius 1 is 1.73 bits per heavy atom. The molecule has 1 saturated heterocycles. The van der Waals surface area contributed by atoms with E-state index in [1.54, 1.807) is 0 Å². The van der Waals surface area contributed by atoms with Gasteiger partial charge in [0, 0.05) is 6.54 Å². The maximum atomic E-state index is 10.4. The van der Waals surface area contributed by atoms with Gasteiger partial charge in [-0.05, 0) is 0 Å². The second kappa shape index (κ2) is 3.66. The zero-order chi connectivity index (χ0) is 8.27. The van der Waals surface area contributed by atoms with Crippen molar-refractivity contribution in [3.63, 3.8) is 0 Å². The number of hydrogen-bond donors (Lipinski definition) is 3. The summed E-state index contributed by atoms with van der Waals surface area (Å²) in [5.41, 5.74) is 0. The van der Waals surface area contributed by atoms with Crippen LogP contribution >= 0.6 is 0 Å². The Morgan fingerprint density at radius 2 is 2.45 bits per heavy atom. The molecule has 0 aromatic heterocycles. The first kappa shape index (κ1) is 8.45. The number of morpholine rings is 1. The van der Waals surface area contributed by atoms with Gasteiger partial charge in [0.05, 0.1) is 19.3 Å². The van der Waals surface area contributed by atoms with Crippen molar-refractivity contribution in [1.29, 1.82) is 0 Å². The Kier molecular flexibility index (Phi) is 2.81. The Labute approximate surface area is 64.0 Å². The molecule has 0 radical (unpaired) electrons. The smallest absolute Gasteiger partial charge is 0.334 e. The highest BCUT2D eigenvalue weighted by atomic mass is 16.5. The van der Waals surface area contributed by atoms with Crippen molar-refractivity contribution in [3.8, 4) is 0 Å². The Hall–Kier alpha value is -0.650. The summed E-state index contributed by atoms with van der Waals surface area (Å²) in [7, 11) is 0. The van der Waals surface area contributed by atoms with Gasteiger partial charge in [0.2, 0.25) is 0 Å². The van der Waals surface area contributed by atoms with Crippen LogP contribution in [0.2, 0.25) is 0 Å². The number of carboxylic acid groups (broad SMARTS) is 1. The Morgan fingerprint density at radius 3 is 2.91 bits per heavy atom. The molecule has 0 aromatic carbocycles. The molecule has 64 valence electrons. The van der Waals surface area contributed by atoms with E-state index in [4.69, 9.17) is 14.9 Å². The first-order valence-electron chi connectivity index (χ1n) is 3.44. The number of aliphatic hydroxyl groups is 1. The van der Waals surface area contributed by atoms with Gasteiger partial charge in [-0.25, -0.2) is 4.79 Å². The quantitative estimate of drug-likeness (QED) is 0.455. The Balaban J connectivity index is 2.51. The van der Waals surface area contributed by atoms with Gasteiger partial charge in [-0.2, -0.15) is 0 Å². The molecule has 0 aliphatic carbocycles. The fourth-order valence-electron chi connectivity index (χ4n) is 1.06. The molecule has 11 heavy (non-hydrogen) atoms. The van der Waals surface area contributed by atoms with Crippen molar-refractivity contribution in [1.82, 2.24) is 5.32 Å². The highest BCUT2D eigenvalue weighted by molar-refractivity contribution is 5.73. The van der Waals surface area contributed by atoms with Crippen molar-refractivity contribution >= 4 is 5.97 Å². The van der Waals surface area contributed by atoms with Gasteiger partial charge in [0.15, 0.2) is 6.10 Å². The molecule has 0 saturated carbocycles. The molecule has 1 rings (SSSR count). The molecule has 1 aliphatic rings. The van der Waals surface area contributed by atoms with Crippen LogP contribution in [-0.2, 0) is 9.53 Å². The number of carbonyl (C=O) groups is 1. The van der Waals surface area contributed by atoms with Crippen molar-refractivity contribution in [3.05, 3.63) is 0 Å². The van der Waals surface area contributed by atoms with E-state index in [2.05, 4.69) is 5.32 Å². The lowest BCUT2D eigenvalue weighted by Crippen LogP contribution is -2.53. The van der Waals surface area contributed by atoms with Crippen molar-refractivity contribution < 1.29 is 19.7 Å². The zero-order valence-corrected chi connectivity index (χ0v) is 5.99. The summed E-state index contributed by atoms with van der Waals surface area (Å²) in [5.74, 6) is -1.03. The number of hydrogen-bond acceptors (Lipinski definition) is 4. The minimum absolute atomic E-state index is 0.211. The normalized spacial score (nSPS) is 31.7. The van der Waals surface area contributed by atoms with Crippen LogP contribution in [0.25, 0.3) is 0 Å². The lowest BCUT2D eigenvalue weighted by atomic mass is 10.1. The minimum Gasteiger partial charge on any atom is -0.479 e. The van der Waals surface area contributed by atoms with Gasteiger partial charge in [-0.3, -0.25) is 0 Å². The van der Waals surface area contributed by atoms with Gasteiger partial charge in [-0.1, -0.05) is 0 Å². The summed E-state index contributed by atoms with van der Waals surface area (Å²) in [5, 5.41) is 20.1. The fourth-order valence-corrected chi connectivity index (χ4v) is 1.06. The van der Waals surface area contributed by atoms with Gasteiger partial charge >= 0.3 is 5.97 Å². The average molecular weight is 161 g/mol. The predicted octanol–water partition coefficient (Wildman–Crippen LogP) is -1.58. The number of aliphatic carboxylic acids is 1. The number of carboxylic acids is 1. The summed E-state index contributed by atoms with van der Waals surface area (Å²) in [4.78, 5) is 10.4. The molecule has 3 N–H and O–H groups in total. The predicted molar refractivity (Wildman–Crippen MR) is 36.3 cm³/mol. The molecule has 2 atom stereocenters. The van der Waals surface area contributed by atoms with Gasteiger partial charge in [0.1, 0.15) is 0 Å². The molecule has 1 heterocycles. The first-order chi connectivity index (χ1) is 5.25. The van der Waals surface area contributed by atoms with Crippen molar-refractivity contribution in [2.24, 2.45) is 0 Å². The summed E-state index contributed by atoms with van der Waals surface area (Å²) >= 11 is 0. The van der Waals surface area contributed by atoms with E-state index in [1.807, 2.05) is 0 Å². The maximum Gasteiger partial charge on any atom is 0.334 e. The SMILES string of the molecule is O=C(O)C1OCCNC1CO. The van der Waals surface area contributed by atoms with Crippen LogP contribution in [0.5, 0.6) is 0 Å². The van der Waals surface area contributed by atoms with E-state index < -0.39 is 18.1 Å². The minimum atomic E-state index is -1.03. The lowest BCUT2D eigenvalue weighted by molar-refractivity contribution is -0.156. The number of ether oxygens (including phenoxy) is 1. The van der Waals surface area contributed by atoms with Gasteiger partial charge < -0.3 is 20.3 Å². The van der Waals surface area contributed by atoms with Crippen LogP contribution in [0.15, 0.2) is 0 Å². The van der Waals surface area contributed by atoms with Crippen LogP contribution in [0, 0.1) is 0 Å². The third-order valence-corrected chi connectivity index (χ3v) is 1.61. The second-order valence-corrected chi connectivity index (χ2v) is 2.37. The van der Waals surface area contributed by atoms with E-state index in [0.29, 0.717) is 13.2 Å². The maximum absolute atomic E-state index is 10.4. The molecular formula is C6H11NO4. The molecule has 0 spiro atoms. The van der Waals surface area contributed by atoms with Crippen LogP contribution in [0.3, 0.4) is 0 Å². The van der Waals surface area contributed by atoms with Gasteiger partial charge in [0.25, 0.3) is 0 Å². The van der Waals surface area contributed by atoms with E-state index in [1.165, 1.54) is 0 Å². The monoisotopic (exact) mass is 161 g/mol. The molecule has 5 nitrogen and oxygen atoms in total. The summed E-state index contributed by atoms with van der Waals surface area (Å²) in [6.45, 7) is 0.763. The highest BCUT2D eigenvalue weighted by Crippen LogP contribution is 2.03. The fraction of sp³-hybridized carbons (Fsp3) is 0.833. The van der Waals surface area contributed by atoms with E-state index >= 15 is 0 Å². The van der Waals surface area contributed by atoms with Crippen LogP contribution < -0.4 is 5.32 Å². The third-order valence-electron chi connectivity index (χ3n) is 1.61. The lowest BCUT2D eigenvalue weighted by Gasteiger charge is -2.28. The van der Waals surface area contributed by atoms with Gasteiger partial charge in [-0.15, -0.1) is 0 Å². The Bertz CT molecular complexity index is 150. The number of rotatable bonds is 2. The zero-order valence-electron chi connectivity index (χ0n) is 5.99. The summed E-state index contributed by atoms with van der Waals surface area (Å²) < 4.78 is 4.92. The number of aliphatic hydroxyl groups excluding tert-OH is 1. The van der Waals surface area contributed by atoms with Crippen molar-refractivity contribution in [2.75, 3.05) is 19.8 Å². The topological polar surface area (TPSA) is 78.8 Å². The van der Waals surface area contributed by atoms with Crippen LogP contribution in [0.1, 0.15) is 0 Å². The summed E-state index contributed by atoms with van der Waals surface area (Å²) in [6, 6.07) is -0.471. The van der Waals surface area contributed by atoms with E-state index in [9.17, 15) is 4.79 Å². The molecule has 0 aromatic rings. The average Bonchev–Trinajstić information content (AvgIpc) is 2.04. The second-order valence-electron chi connectivity index (χ2n) is 2.37.